The van der Waals surface area contributed by atoms with Crippen LogP contribution in [0.5, 0.6) is 0 Å². The Morgan fingerprint density at radius 1 is 0.712 bits per heavy atom. The van der Waals surface area contributed by atoms with Gasteiger partial charge >= 0.3 is 0 Å². The smallest absolute Gasteiger partial charge is 0.262 e. The van der Waals surface area contributed by atoms with Crippen LogP contribution in [0.15, 0.2) is 108 Å². The fraction of sp³-hybridized carbons (Fsp3) is 0.319. The summed E-state index contributed by atoms with van der Waals surface area (Å²) >= 11 is 0. The number of nitrogens with one attached hydrogen (secondary N) is 1. The summed E-state index contributed by atoms with van der Waals surface area (Å²) in [6, 6.07) is 36.2. The van der Waals surface area contributed by atoms with Gasteiger partial charge in [0.05, 0.1) is 12.6 Å². The Morgan fingerprint density at radius 2 is 1.21 bits per heavy atom. The minimum absolute atomic E-state index is 0.0329. The van der Waals surface area contributed by atoms with Crippen LogP contribution in [0.1, 0.15) is 82.3 Å². The first-order valence-electron chi connectivity index (χ1n) is 19.1. The van der Waals surface area contributed by atoms with Crippen LogP contribution >= 0.6 is 0 Å². The molecular weight excluding hydrogens is 637 g/mol. The third-order valence-corrected chi connectivity index (χ3v) is 11.1. The molecule has 0 aromatic heterocycles. The lowest BCUT2D eigenvalue weighted by molar-refractivity contribution is -0.440. The second kappa shape index (κ2) is 15.5. The number of unbranched alkanes of at least 4 members (excludes halogenated alkanes) is 4. The van der Waals surface area contributed by atoms with Gasteiger partial charge in [0.2, 0.25) is 0 Å². The highest BCUT2D eigenvalue weighted by Crippen LogP contribution is 2.56. The number of anilines is 2. The van der Waals surface area contributed by atoms with Crippen LogP contribution in [-0.4, -0.2) is 25.7 Å². The van der Waals surface area contributed by atoms with Gasteiger partial charge in [0.15, 0.2) is 0 Å². The van der Waals surface area contributed by atoms with Crippen molar-refractivity contribution in [2.75, 3.05) is 29.9 Å². The van der Waals surface area contributed by atoms with Crippen molar-refractivity contribution in [1.29, 1.82) is 5.26 Å². The van der Waals surface area contributed by atoms with E-state index in [4.69, 9.17) is 6.57 Å². The van der Waals surface area contributed by atoms with Gasteiger partial charge in [-0.05, 0) is 117 Å². The van der Waals surface area contributed by atoms with Gasteiger partial charge in [-0.25, -0.2) is 10.1 Å². The maximum Gasteiger partial charge on any atom is 0.262 e. The first-order chi connectivity index (χ1) is 25.5. The Morgan fingerprint density at radius 3 is 1.71 bits per heavy atom. The molecule has 1 aliphatic rings. The zero-order valence-corrected chi connectivity index (χ0v) is 30.6. The molecule has 0 aliphatic heterocycles. The number of benzene rings is 6. The quantitative estimate of drug-likeness (QED) is 0.0569. The molecule has 52 heavy (non-hydrogen) atoms. The van der Waals surface area contributed by atoms with Crippen LogP contribution in [0.4, 0.5) is 11.4 Å². The Labute approximate surface area is 308 Å². The van der Waals surface area contributed by atoms with Crippen LogP contribution < -0.4 is 15.3 Å². The lowest BCUT2D eigenvalue weighted by atomic mass is 9.60. The molecule has 0 bridgehead atoms. The molecule has 0 radical (unpaired) electrons. The highest BCUT2D eigenvalue weighted by molar-refractivity contribution is 6.07. The highest BCUT2D eigenvalue weighted by atomic mass is 16.3. The normalized spacial score (nSPS) is 17.9. The molecule has 3 unspecified atom stereocenters. The average Bonchev–Trinajstić information content (AvgIpc) is 3.17. The zero-order valence-electron chi connectivity index (χ0n) is 30.6. The van der Waals surface area contributed by atoms with E-state index in [1.165, 1.54) is 31.4 Å². The van der Waals surface area contributed by atoms with E-state index in [0.717, 1.165) is 92.4 Å². The molecule has 0 spiro atoms. The van der Waals surface area contributed by atoms with Crippen molar-refractivity contribution in [1.82, 2.24) is 0 Å². The van der Waals surface area contributed by atoms with Gasteiger partial charge < -0.3 is 15.3 Å². The molecule has 6 aromatic carbocycles. The maximum absolute atomic E-state index is 14.9. The van der Waals surface area contributed by atoms with Gasteiger partial charge in [-0.2, -0.15) is 0 Å². The van der Waals surface area contributed by atoms with Gasteiger partial charge in [0.25, 0.3) is 5.70 Å². The minimum atomic E-state index is -1.06. The minimum Gasteiger partial charge on any atom is -0.851 e. The molecule has 3 atom stereocenters. The van der Waals surface area contributed by atoms with Gasteiger partial charge in [0, 0.05) is 41.8 Å². The number of nitrogens with zero attached hydrogens (tertiary/aromatic N) is 3. The molecule has 0 saturated heterocycles. The average molecular weight is 684 g/mol. The molecule has 0 amide bonds. The number of rotatable bonds is 13. The van der Waals surface area contributed by atoms with Crippen molar-refractivity contribution in [3.05, 3.63) is 131 Å². The fourth-order valence-electron chi connectivity index (χ4n) is 8.47. The first kappa shape index (κ1) is 35.1. The number of hydrogen-bond acceptors (Lipinski definition) is 4. The van der Waals surface area contributed by atoms with Crippen LogP contribution in [0, 0.1) is 17.9 Å². The van der Waals surface area contributed by atoms with Gasteiger partial charge in [0.1, 0.15) is 0 Å². The number of hydrogen-bond donors (Lipinski definition) is 1. The lowest BCUT2D eigenvalue weighted by Crippen LogP contribution is -2.50. The molecule has 262 valence electrons. The highest BCUT2D eigenvalue weighted by Gasteiger charge is 2.44. The number of fused-ring (bicyclic) bond motifs is 4. The molecule has 5 nitrogen and oxygen atoms in total. The molecule has 5 heteroatoms. The summed E-state index contributed by atoms with van der Waals surface area (Å²) < 4.78 is 0. The summed E-state index contributed by atoms with van der Waals surface area (Å²) in [7, 11) is 0. The Bertz CT molecular complexity index is 2350. The number of allylic oxidation sites excluding steroid dienone is 1. The van der Waals surface area contributed by atoms with E-state index in [0.29, 0.717) is 5.57 Å². The molecule has 6 aromatic rings. The second-order valence-electron chi connectivity index (χ2n) is 14.2. The topological polar surface area (TPSA) is 66.5 Å². The number of nitriles is 1. The van der Waals surface area contributed by atoms with E-state index in [1.807, 2.05) is 18.2 Å². The van der Waals surface area contributed by atoms with Crippen molar-refractivity contribution >= 4 is 54.5 Å². The van der Waals surface area contributed by atoms with Crippen molar-refractivity contribution in [3.63, 3.8) is 0 Å². The molecule has 1 saturated carbocycles. The molecular formula is C47H47N4O-. The predicted molar refractivity (Wildman–Crippen MR) is 217 cm³/mol. The summed E-state index contributed by atoms with van der Waals surface area (Å²) in [5.41, 5.74) is 4.68. The predicted octanol–water partition coefficient (Wildman–Crippen LogP) is 11.2. The summed E-state index contributed by atoms with van der Waals surface area (Å²) in [5.74, 6) is -1.19. The maximum atomic E-state index is 14.9. The molecule has 1 aliphatic carbocycles. The van der Waals surface area contributed by atoms with Gasteiger partial charge in [-0.3, -0.25) is 0 Å². The summed E-state index contributed by atoms with van der Waals surface area (Å²) in [5, 5.41) is 37.5. The third-order valence-electron chi connectivity index (χ3n) is 11.1. The van der Waals surface area contributed by atoms with Crippen LogP contribution in [0.25, 0.3) is 47.9 Å². The largest absolute Gasteiger partial charge is 0.851 e. The van der Waals surface area contributed by atoms with E-state index in [9.17, 15) is 10.4 Å². The summed E-state index contributed by atoms with van der Waals surface area (Å²) in [4.78, 5) is 6.30. The van der Waals surface area contributed by atoms with E-state index in [2.05, 4.69) is 121 Å². The summed E-state index contributed by atoms with van der Waals surface area (Å²) in [6.45, 7) is 17.4. The molecule has 0 heterocycles. The Kier molecular flexibility index (Phi) is 10.4. The SMILES string of the molecule is [C-]#[N+]/C(C#N)=C1\C(c2ccc(NCC)c3cc4ccccc4cc23)C([O-])C1c1ccc(N(CCCCC)CCCCC)c2cc3ccccc3cc12. The molecule has 7 rings (SSSR count). The van der Waals surface area contributed by atoms with Crippen molar-refractivity contribution < 1.29 is 5.11 Å². The van der Waals surface area contributed by atoms with Gasteiger partial charge in [-0.1, -0.05) is 100 Å². The Balaban J connectivity index is 1.41. The van der Waals surface area contributed by atoms with E-state index in [-0.39, 0.29) is 5.70 Å². The molecule has 1 fully saturated rings. The van der Waals surface area contributed by atoms with Gasteiger partial charge in [-0.15, -0.1) is 6.10 Å². The van der Waals surface area contributed by atoms with E-state index >= 15 is 0 Å². The standard InChI is InChI=1S/C47H47N4O/c1-5-8-14-24-51(25-15-9-6-2)43-23-21-36(38-27-32-17-11-13-19-34(32)29-40(38)43)45-46(42(30-48)49-4)44(47(45)52)35-20-22-41(50-7-3)39-28-33-18-12-10-16-31(33)26-37(35)39/h10-13,16-23,26-29,44-45,47,50H,5-9,14-15,24-25H2,1-3H3/q-1/b46-42+. The lowest BCUT2D eigenvalue weighted by Gasteiger charge is -2.54. The second-order valence-corrected chi connectivity index (χ2v) is 14.2. The zero-order chi connectivity index (χ0) is 36.2. The van der Waals surface area contributed by atoms with Crippen molar-refractivity contribution in [3.8, 4) is 6.07 Å². The summed E-state index contributed by atoms with van der Waals surface area (Å²) in [6.07, 6.45) is 5.91. The fourth-order valence-corrected chi connectivity index (χ4v) is 8.47. The first-order valence-corrected chi connectivity index (χ1v) is 19.1. The van der Waals surface area contributed by atoms with Crippen LogP contribution in [0.3, 0.4) is 0 Å². The molecule has 1 N–H and O–H groups in total. The van der Waals surface area contributed by atoms with Crippen LogP contribution in [0.2, 0.25) is 0 Å². The van der Waals surface area contributed by atoms with Crippen LogP contribution in [-0.2, 0) is 0 Å². The van der Waals surface area contributed by atoms with E-state index < -0.39 is 17.9 Å². The van der Waals surface area contributed by atoms with Crippen molar-refractivity contribution in [2.45, 2.75) is 77.2 Å². The van der Waals surface area contributed by atoms with E-state index in [1.54, 1.807) is 0 Å². The third kappa shape index (κ3) is 6.36. The Hall–Kier alpha value is -5.36. The van der Waals surface area contributed by atoms with Crippen molar-refractivity contribution in [2.24, 2.45) is 0 Å². The monoisotopic (exact) mass is 683 g/mol.